The molecule has 3 heterocycles. The molecular weight excluding hydrogens is 422 g/mol. The smallest absolute Gasteiger partial charge is 0.277 e. The number of hydrogen-bond donors (Lipinski definition) is 3. The van der Waals surface area contributed by atoms with E-state index in [-0.39, 0.29) is 34.2 Å². The molecule has 11 heteroatoms. The number of anilines is 2. The summed E-state index contributed by atoms with van der Waals surface area (Å²) in [6, 6.07) is 4.02. The first-order chi connectivity index (χ1) is 14.9. The van der Waals surface area contributed by atoms with E-state index in [1.54, 1.807) is 9.58 Å². The number of nitrogens with zero attached hydrogens (tertiary/aromatic N) is 5. The van der Waals surface area contributed by atoms with E-state index in [0.29, 0.717) is 29.8 Å². The second-order valence-electron chi connectivity index (χ2n) is 7.15. The van der Waals surface area contributed by atoms with Crippen molar-refractivity contribution in [3.05, 3.63) is 47.9 Å². The molecule has 1 fully saturated rings. The molecule has 2 aromatic heterocycles. The summed E-state index contributed by atoms with van der Waals surface area (Å²) in [5.74, 6) is -0.609. The fraction of sp³-hybridized carbons (Fsp3) is 0.250. The number of likely N-dealkylation sites (tertiary alicyclic amines) is 1. The van der Waals surface area contributed by atoms with Crippen LogP contribution in [0.2, 0.25) is 5.02 Å². The number of nitrogen functional groups attached to an aromatic ring is 1. The number of phenolic OH excluding ortho intramolecular Hbond substituents is 1. The number of halogens is 1. The number of carbonyl (C=O) groups is 2. The average molecular weight is 442 g/mol. The highest BCUT2D eigenvalue weighted by Crippen LogP contribution is 2.30. The predicted molar refractivity (Wildman–Crippen MR) is 116 cm³/mol. The van der Waals surface area contributed by atoms with Crippen LogP contribution in [0.5, 0.6) is 5.75 Å². The molecule has 1 aromatic carbocycles. The van der Waals surface area contributed by atoms with E-state index in [4.69, 9.17) is 17.3 Å². The van der Waals surface area contributed by atoms with Crippen LogP contribution in [0.3, 0.4) is 0 Å². The summed E-state index contributed by atoms with van der Waals surface area (Å²) in [5.41, 5.74) is 6.82. The first kappa shape index (κ1) is 20.6. The van der Waals surface area contributed by atoms with Gasteiger partial charge in [-0.15, -0.1) is 0 Å². The van der Waals surface area contributed by atoms with E-state index in [9.17, 15) is 14.7 Å². The van der Waals surface area contributed by atoms with Crippen molar-refractivity contribution in [2.75, 3.05) is 24.1 Å². The van der Waals surface area contributed by atoms with E-state index in [1.807, 2.05) is 0 Å². The largest absolute Gasteiger partial charge is 0.508 e. The number of carbonyl (C=O) groups excluding carboxylic acids is 2. The summed E-state index contributed by atoms with van der Waals surface area (Å²) in [6.45, 7) is 4.59. The highest BCUT2D eigenvalue weighted by atomic mass is 35.5. The Morgan fingerprint density at radius 2 is 2.16 bits per heavy atom. The molecule has 0 radical (unpaired) electrons. The van der Waals surface area contributed by atoms with Crippen LogP contribution in [0.25, 0.3) is 11.0 Å². The quantitative estimate of drug-likeness (QED) is 0.417. The number of rotatable bonds is 4. The number of benzene rings is 1. The molecule has 160 valence electrons. The van der Waals surface area contributed by atoms with E-state index < -0.39 is 5.91 Å². The molecule has 10 nitrogen and oxygen atoms in total. The van der Waals surface area contributed by atoms with Gasteiger partial charge in [0.1, 0.15) is 17.9 Å². The van der Waals surface area contributed by atoms with Crippen LogP contribution in [0.4, 0.5) is 11.5 Å². The highest BCUT2D eigenvalue weighted by molar-refractivity contribution is 6.34. The van der Waals surface area contributed by atoms with Gasteiger partial charge in [0.25, 0.3) is 5.91 Å². The standard InChI is InChI=1S/C20H20ClN7O3/c1-2-15(30)27-7-3-4-11(9-27)28-19-16(18(22)23-10-24-19)17(26-28)20(31)25-14-6-5-12(29)8-13(14)21/h2,5-6,8,10-11,29H,1,3-4,7,9H2,(H,25,31)(H2,22,23,24)/t11-/m1/s1. The number of piperidine rings is 1. The summed E-state index contributed by atoms with van der Waals surface area (Å²) in [5, 5.41) is 17.2. The predicted octanol–water partition coefficient (Wildman–Crippen LogP) is 2.37. The molecule has 1 saturated heterocycles. The zero-order valence-electron chi connectivity index (χ0n) is 16.5. The number of aromatic hydroxyl groups is 1. The van der Waals surface area contributed by atoms with Gasteiger partial charge in [-0.2, -0.15) is 5.10 Å². The van der Waals surface area contributed by atoms with E-state index in [1.165, 1.54) is 30.6 Å². The van der Waals surface area contributed by atoms with Crippen molar-refractivity contribution in [2.45, 2.75) is 18.9 Å². The Bertz CT molecular complexity index is 1190. The third-order valence-electron chi connectivity index (χ3n) is 5.16. The van der Waals surface area contributed by atoms with Gasteiger partial charge >= 0.3 is 0 Å². The third-order valence-corrected chi connectivity index (χ3v) is 5.48. The van der Waals surface area contributed by atoms with Crippen molar-refractivity contribution < 1.29 is 14.7 Å². The van der Waals surface area contributed by atoms with E-state index in [0.717, 1.165) is 12.8 Å². The molecule has 3 aromatic rings. The molecule has 0 unspecified atom stereocenters. The molecule has 0 spiro atoms. The number of nitrogens with two attached hydrogens (primary N) is 1. The molecule has 2 amide bonds. The third kappa shape index (κ3) is 3.89. The molecule has 1 atom stereocenters. The molecule has 4 N–H and O–H groups in total. The van der Waals surface area contributed by atoms with Gasteiger partial charge in [-0.3, -0.25) is 9.59 Å². The Morgan fingerprint density at radius 1 is 1.35 bits per heavy atom. The zero-order valence-corrected chi connectivity index (χ0v) is 17.2. The van der Waals surface area contributed by atoms with E-state index in [2.05, 4.69) is 27.0 Å². The van der Waals surface area contributed by atoms with Crippen LogP contribution in [-0.2, 0) is 4.79 Å². The number of amides is 2. The van der Waals surface area contributed by atoms with Gasteiger partial charge in [-0.05, 0) is 31.1 Å². The maximum absolute atomic E-state index is 13.0. The highest BCUT2D eigenvalue weighted by Gasteiger charge is 2.29. The van der Waals surface area contributed by atoms with Crippen LogP contribution >= 0.6 is 11.6 Å². The van der Waals surface area contributed by atoms with Crippen LogP contribution < -0.4 is 11.1 Å². The summed E-state index contributed by atoms with van der Waals surface area (Å²) >= 11 is 6.10. The maximum atomic E-state index is 13.0. The topological polar surface area (TPSA) is 139 Å². The Kier molecular flexibility index (Phi) is 5.47. The lowest BCUT2D eigenvalue weighted by Gasteiger charge is -2.32. The van der Waals surface area contributed by atoms with Gasteiger partial charge < -0.3 is 21.1 Å². The average Bonchev–Trinajstić information content (AvgIpc) is 3.16. The van der Waals surface area contributed by atoms with Crippen LogP contribution in [0.1, 0.15) is 29.4 Å². The zero-order chi connectivity index (χ0) is 22.1. The summed E-state index contributed by atoms with van der Waals surface area (Å²) in [7, 11) is 0. The number of phenols is 1. The SMILES string of the molecule is C=CC(=O)N1CCC[C@@H](n2nc(C(=O)Nc3ccc(O)cc3Cl)c3c(N)ncnc32)C1. The Hall–Kier alpha value is -3.66. The summed E-state index contributed by atoms with van der Waals surface area (Å²) < 4.78 is 1.63. The van der Waals surface area contributed by atoms with Crippen LogP contribution in [0, 0.1) is 0 Å². The molecule has 1 aliphatic rings. The molecule has 0 aliphatic carbocycles. The lowest BCUT2D eigenvalue weighted by atomic mass is 10.1. The van der Waals surface area contributed by atoms with E-state index >= 15 is 0 Å². The normalized spacial score (nSPS) is 16.3. The Labute approximate surface area is 182 Å². The minimum atomic E-state index is -0.548. The summed E-state index contributed by atoms with van der Waals surface area (Å²) in [6.07, 6.45) is 4.12. The fourth-order valence-electron chi connectivity index (χ4n) is 3.68. The lowest BCUT2D eigenvalue weighted by Crippen LogP contribution is -2.40. The lowest BCUT2D eigenvalue weighted by molar-refractivity contribution is -0.127. The number of fused-ring (bicyclic) bond motifs is 1. The van der Waals surface area contributed by atoms with Gasteiger partial charge in [-0.1, -0.05) is 18.2 Å². The van der Waals surface area contributed by atoms with Gasteiger partial charge in [0.05, 0.1) is 22.1 Å². The molecule has 31 heavy (non-hydrogen) atoms. The van der Waals surface area contributed by atoms with Gasteiger partial charge in [-0.25, -0.2) is 14.6 Å². The van der Waals surface area contributed by atoms with Crippen molar-refractivity contribution in [1.29, 1.82) is 0 Å². The van der Waals surface area contributed by atoms with Crippen molar-refractivity contribution in [3.8, 4) is 5.75 Å². The monoisotopic (exact) mass is 441 g/mol. The summed E-state index contributed by atoms with van der Waals surface area (Å²) in [4.78, 5) is 35.1. The van der Waals surface area contributed by atoms with Crippen LogP contribution in [-0.4, -0.2) is 54.7 Å². The molecule has 1 aliphatic heterocycles. The number of hydrogen-bond acceptors (Lipinski definition) is 7. The molecule has 4 rings (SSSR count). The second-order valence-corrected chi connectivity index (χ2v) is 7.56. The molecule has 0 saturated carbocycles. The maximum Gasteiger partial charge on any atom is 0.277 e. The van der Waals surface area contributed by atoms with Crippen molar-refractivity contribution >= 4 is 46.0 Å². The van der Waals surface area contributed by atoms with Crippen molar-refractivity contribution in [1.82, 2.24) is 24.6 Å². The van der Waals surface area contributed by atoms with Crippen LogP contribution in [0.15, 0.2) is 37.2 Å². The number of nitrogens with one attached hydrogen (secondary N) is 1. The van der Waals surface area contributed by atoms with Crippen molar-refractivity contribution in [3.63, 3.8) is 0 Å². The Balaban J connectivity index is 1.72. The van der Waals surface area contributed by atoms with Gasteiger partial charge in [0, 0.05) is 19.2 Å². The molecule has 0 bridgehead atoms. The minimum Gasteiger partial charge on any atom is -0.508 e. The first-order valence-electron chi connectivity index (χ1n) is 9.59. The first-order valence-corrected chi connectivity index (χ1v) is 9.96. The second kappa shape index (κ2) is 8.23. The Morgan fingerprint density at radius 3 is 2.90 bits per heavy atom. The fourth-order valence-corrected chi connectivity index (χ4v) is 3.90. The van der Waals surface area contributed by atoms with Crippen molar-refractivity contribution in [2.24, 2.45) is 0 Å². The van der Waals surface area contributed by atoms with Gasteiger partial charge in [0.2, 0.25) is 5.91 Å². The molecular formula is C20H20ClN7O3. The minimum absolute atomic E-state index is 0.0219. The number of aromatic nitrogens is 4. The van der Waals surface area contributed by atoms with Gasteiger partial charge in [0.15, 0.2) is 11.3 Å².